The fraction of sp³-hybridized carbons (Fsp3) is 0.379. The fourth-order valence-corrected chi connectivity index (χ4v) is 4.65. The Labute approximate surface area is 223 Å². The summed E-state index contributed by atoms with van der Waals surface area (Å²) >= 11 is 0. The number of anilines is 1. The number of aryl methyl sites for hydroxylation is 1. The second kappa shape index (κ2) is 13.0. The maximum atomic E-state index is 13.5. The Morgan fingerprint density at radius 1 is 1.13 bits per heavy atom. The molecule has 0 spiro atoms. The Bertz CT molecular complexity index is 1270. The van der Waals surface area contributed by atoms with Gasteiger partial charge in [0, 0.05) is 48.7 Å². The first kappa shape index (κ1) is 30.2. The zero-order valence-electron chi connectivity index (χ0n) is 22.6. The van der Waals surface area contributed by atoms with Crippen molar-refractivity contribution >= 4 is 17.2 Å². The number of carbonyl (C=O) groups excluding carboxylic acids is 1. The van der Waals surface area contributed by atoms with Gasteiger partial charge in [-0.05, 0) is 50.3 Å². The van der Waals surface area contributed by atoms with Gasteiger partial charge < -0.3 is 15.9 Å². The van der Waals surface area contributed by atoms with E-state index in [1.54, 1.807) is 30.9 Å². The van der Waals surface area contributed by atoms with E-state index in [1.165, 1.54) is 12.1 Å². The van der Waals surface area contributed by atoms with Crippen molar-refractivity contribution in [2.75, 3.05) is 18.1 Å². The molecule has 0 amide bonds. The lowest BCUT2D eigenvalue weighted by Crippen LogP contribution is -2.42. The molecular weight excluding hydrogens is 484 g/mol. The largest absolute Gasteiger partial charge is 0.397 e. The highest BCUT2D eigenvalue weighted by Gasteiger charge is 2.44. The first-order chi connectivity index (χ1) is 18.0. The van der Waals surface area contributed by atoms with Crippen LogP contribution in [0.15, 0.2) is 71.2 Å². The highest BCUT2D eigenvalue weighted by Crippen LogP contribution is 2.50. The number of rotatable bonds is 3. The van der Waals surface area contributed by atoms with Crippen molar-refractivity contribution in [2.45, 2.75) is 53.4 Å². The maximum Gasteiger partial charge on any atom is 0.269 e. The highest BCUT2D eigenvalue weighted by atomic mass is 16.6. The topological polar surface area (TPSA) is 154 Å². The minimum absolute atomic E-state index is 0.0647. The van der Waals surface area contributed by atoms with Crippen LogP contribution in [0.5, 0.6) is 0 Å². The van der Waals surface area contributed by atoms with Gasteiger partial charge in [0.25, 0.3) is 5.69 Å². The summed E-state index contributed by atoms with van der Waals surface area (Å²) in [6.45, 7) is 9.91. The van der Waals surface area contributed by atoms with Crippen molar-refractivity contribution in [3.05, 3.63) is 92.4 Å². The van der Waals surface area contributed by atoms with E-state index in [0.717, 1.165) is 16.9 Å². The first-order valence-corrected chi connectivity index (χ1v) is 12.4. The van der Waals surface area contributed by atoms with Crippen molar-refractivity contribution in [1.82, 2.24) is 0 Å². The van der Waals surface area contributed by atoms with Crippen LogP contribution in [0.4, 0.5) is 11.4 Å². The fourth-order valence-electron chi connectivity index (χ4n) is 4.65. The van der Waals surface area contributed by atoms with Crippen LogP contribution < -0.4 is 10.6 Å². The number of Topliss-reactive ketones (excluding diaryl/α,β-unsaturated/α-hetero) is 1. The van der Waals surface area contributed by atoms with Crippen LogP contribution in [0.25, 0.3) is 0 Å². The molecule has 1 aliphatic heterocycles. The SMILES string of the molecule is CCO.CCO.Cc1ccc(N2C(N)=C(C#N)C(c3cccc([N+](=O)[O-])c3)C3=C2CC(C)(C)CC3=O)cc1. The number of aliphatic hydroxyl groups excluding tert-OH is 2. The summed E-state index contributed by atoms with van der Waals surface area (Å²) in [5, 5.41) is 36.6. The number of allylic oxidation sites excluding steroid dienone is 3. The molecule has 2 aromatic carbocycles. The quantitative estimate of drug-likeness (QED) is 0.384. The number of nitrogens with two attached hydrogens (primary N) is 1. The number of nitro benzene ring substituents is 1. The standard InChI is InChI=1S/C25H24N4O3.2C2H6O/c1-15-7-9-17(10-8-15)28-20-12-25(2,3)13-21(30)23(20)22(19(14-26)24(28)27)16-5-4-6-18(11-16)29(31)32;2*1-2-3/h4-11,22H,12-13,27H2,1-3H3;2*3H,2H2,1H3. The van der Waals surface area contributed by atoms with Crippen molar-refractivity contribution < 1.29 is 19.9 Å². The van der Waals surface area contributed by atoms with Crippen molar-refractivity contribution in [1.29, 1.82) is 5.26 Å². The van der Waals surface area contributed by atoms with E-state index in [2.05, 4.69) is 6.07 Å². The Morgan fingerprint density at radius 3 is 2.24 bits per heavy atom. The van der Waals surface area contributed by atoms with Gasteiger partial charge in [0.05, 0.1) is 22.5 Å². The molecule has 9 heteroatoms. The van der Waals surface area contributed by atoms with Crippen LogP contribution in [-0.2, 0) is 4.79 Å². The number of nitro groups is 1. The predicted octanol–water partition coefficient (Wildman–Crippen LogP) is 4.84. The average molecular weight is 521 g/mol. The molecule has 4 N–H and O–H groups in total. The van der Waals surface area contributed by atoms with Crippen molar-refractivity contribution in [3.8, 4) is 6.07 Å². The summed E-state index contributed by atoms with van der Waals surface area (Å²) in [5.74, 6) is -0.553. The number of nitrogens with zero attached hydrogens (tertiary/aromatic N) is 3. The number of hydrogen-bond acceptors (Lipinski definition) is 8. The van der Waals surface area contributed by atoms with E-state index >= 15 is 0 Å². The molecule has 1 unspecified atom stereocenters. The Morgan fingerprint density at radius 2 is 1.71 bits per heavy atom. The van der Waals surface area contributed by atoms with E-state index in [4.69, 9.17) is 15.9 Å². The van der Waals surface area contributed by atoms with Gasteiger partial charge in [-0.25, -0.2) is 0 Å². The molecule has 9 nitrogen and oxygen atoms in total. The average Bonchev–Trinajstić information content (AvgIpc) is 2.84. The molecule has 0 fully saturated rings. The normalized spacial score (nSPS) is 17.9. The Kier molecular flexibility index (Phi) is 10.3. The third-order valence-electron chi connectivity index (χ3n) is 6.09. The monoisotopic (exact) mass is 520 g/mol. The first-order valence-electron chi connectivity index (χ1n) is 12.4. The van der Waals surface area contributed by atoms with Gasteiger partial charge in [0.2, 0.25) is 0 Å². The zero-order chi connectivity index (χ0) is 28.6. The van der Waals surface area contributed by atoms with Crippen LogP contribution in [0.2, 0.25) is 0 Å². The van der Waals surface area contributed by atoms with Gasteiger partial charge in [-0.1, -0.05) is 43.7 Å². The third kappa shape index (κ3) is 6.65. The summed E-state index contributed by atoms with van der Waals surface area (Å²) < 4.78 is 0. The minimum atomic E-state index is -0.736. The second-order valence-corrected chi connectivity index (χ2v) is 9.80. The van der Waals surface area contributed by atoms with Gasteiger partial charge in [-0.2, -0.15) is 5.26 Å². The Balaban J connectivity index is 0.000000773. The lowest BCUT2D eigenvalue weighted by atomic mass is 9.68. The number of benzene rings is 2. The molecule has 0 bridgehead atoms. The molecule has 2 aliphatic rings. The molecule has 202 valence electrons. The number of nitriles is 1. The summed E-state index contributed by atoms with van der Waals surface area (Å²) in [6, 6.07) is 16.0. The molecule has 38 heavy (non-hydrogen) atoms. The van der Waals surface area contributed by atoms with Crippen LogP contribution in [-0.4, -0.2) is 34.1 Å². The summed E-state index contributed by atoms with van der Waals surface area (Å²) in [4.78, 5) is 26.1. The van der Waals surface area contributed by atoms with Gasteiger partial charge in [0.1, 0.15) is 5.82 Å². The number of ketones is 1. The van der Waals surface area contributed by atoms with Crippen LogP contribution in [0.3, 0.4) is 0 Å². The summed E-state index contributed by atoms with van der Waals surface area (Å²) in [5.41, 5.74) is 10.0. The molecule has 0 aromatic heterocycles. The summed E-state index contributed by atoms with van der Waals surface area (Å²) in [7, 11) is 0. The molecule has 1 heterocycles. The van der Waals surface area contributed by atoms with Crippen LogP contribution >= 0.6 is 0 Å². The van der Waals surface area contributed by atoms with Crippen molar-refractivity contribution in [2.24, 2.45) is 11.1 Å². The predicted molar refractivity (Wildman–Crippen MR) is 147 cm³/mol. The van der Waals surface area contributed by atoms with E-state index in [1.807, 2.05) is 45.0 Å². The number of non-ortho nitro benzene ring substituents is 1. The number of carbonyl (C=O) groups is 1. The van der Waals surface area contributed by atoms with Gasteiger partial charge in [0.15, 0.2) is 5.78 Å². The number of aliphatic hydroxyl groups is 2. The molecule has 0 saturated carbocycles. The van der Waals surface area contributed by atoms with Gasteiger partial charge in [-0.3, -0.25) is 19.8 Å². The molecule has 1 aliphatic carbocycles. The molecule has 0 saturated heterocycles. The second-order valence-electron chi connectivity index (χ2n) is 9.80. The molecule has 0 radical (unpaired) electrons. The van der Waals surface area contributed by atoms with Crippen LogP contribution in [0.1, 0.15) is 57.6 Å². The molecule has 2 aromatic rings. The van der Waals surface area contributed by atoms with E-state index in [0.29, 0.717) is 24.0 Å². The van der Waals surface area contributed by atoms with Gasteiger partial charge in [-0.15, -0.1) is 0 Å². The molecule has 1 atom stereocenters. The maximum absolute atomic E-state index is 13.5. The lowest BCUT2D eigenvalue weighted by Gasteiger charge is -2.43. The Hall–Kier alpha value is -4.00. The lowest BCUT2D eigenvalue weighted by molar-refractivity contribution is -0.384. The minimum Gasteiger partial charge on any atom is -0.397 e. The van der Waals surface area contributed by atoms with E-state index < -0.39 is 10.8 Å². The molecule has 4 rings (SSSR count). The number of hydrogen-bond donors (Lipinski definition) is 3. The molecular formula is C29H36N4O5. The third-order valence-corrected chi connectivity index (χ3v) is 6.09. The van der Waals surface area contributed by atoms with E-state index in [9.17, 15) is 20.2 Å². The zero-order valence-corrected chi connectivity index (χ0v) is 22.6. The smallest absolute Gasteiger partial charge is 0.269 e. The highest BCUT2D eigenvalue weighted by molar-refractivity contribution is 6.01. The van der Waals surface area contributed by atoms with Gasteiger partial charge >= 0.3 is 0 Å². The van der Waals surface area contributed by atoms with E-state index in [-0.39, 0.29) is 41.5 Å². The van der Waals surface area contributed by atoms with Crippen molar-refractivity contribution in [3.63, 3.8) is 0 Å². The summed E-state index contributed by atoms with van der Waals surface area (Å²) in [6.07, 6.45) is 0.921. The van der Waals surface area contributed by atoms with Crippen LogP contribution in [0, 0.1) is 33.8 Å².